The molecule has 5 nitrogen and oxygen atoms in total. The maximum absolute atomic E-state index is 6.30. The fraction of sp³-hybridized carbons (Fsp3) is 0.533. The number of rotatable bonds is 2. The maximum atomic E-state index is 6.30. The number of nitrogen functional groups attached to an aromatic ring is 1. The van der Waals surface area contributed by atoms with Crippen LogP contribution in [0.4, 0.5) is 5.69 Å². The maximum Gasteiger partial charge on any atom is 0.183 e. The third-order valence-electron chi connectivity index (χ3n) is 4.35. The summed E-state index contributed by atoms with van der Waals surface area (Å²) in [6, 6.07) is 5.75. The quantitative estimate of drug-likeness (QED) is 0.678. The lowest BCUT2D eigenvalue weighted by Crippen LogP contribution is -2.18. The van der Waals surface area contributed by atoms with E-state index in [1.807, 2.05) is 10.7 Å². The van der Waals surface area contributed by atoms with E-state index in [2.05, 4.69) is 22.4 Å². The molecule has 6 heteroatoms. The van der Waals surface area contributed by atoms with Crippen molar-refractivity contribution in [3.8, 4) is 11.4 Å². The predicted molar refractivity (Wildman–Crippen MR) is 84.0 cm³/mol. The molecule has 0 amide bonds. The largest absolute Gasteiger partial charge is 0.399 e. The van der Waals surface area contributed by atoms with Gasteiger partial charge in [0.2, 0.25) is 0 Å². The van der Waals surface area contributed by atoms with E-state index in [0.29, 0.717) is 28.5 Å². The molecule has 0 spiro atoms. The van der Waals surface area contributed by atoms with Crippen molar-refractivity contribution in [1.82, 2.24) is 20.2 Å². The average molecular weight is 306 g/mol. The summed E-state index contributed by atoms with van der Waals surface area (Å²) in [6.07, 6.45) is 6.12. The molecular formula is C15H20ClN5. The van der Waals surface area contributed by atoms with Crippen molar-refractivity contribution < 1.29 is 0 Å². The SMILES string of the molecule is CC1CCCCCC1n1nnnc1-c1cc(N)ccc1Cl. The minimum absolute atomic E-state index is 0.329. The average Bonchev–Trinajstić information content (AvgIpc) is 2.84. The number of aromatic nitrogens is 4. The number of tetrazole rings is 1. The molecule has 1 heterocycles. The molecule has 112 valence electrons. The lowest BCUT2D eigenvalue weighted by Gasteiger charge is -2.22. The first-order valence-corrected chi connectivity index (χ1v) is 7.88. The molecule has 1 aromatic heterocycles. The second kappa shape index (κ2) is 6.02. The van der Waals surface area contributed by atoms with Crippen LogP contribution >= 0.6 is 11.6 Å². The molecule has 3 rings (SSSR count). The van der Waals surface area contributed by atoms with Gasteiger partial charge < -0.3 is 5.73 Å². The summed E-state index contributed by atoms with van der Waals surface area (Å²) in [7, 11) is 0. The Hall–Kier alpha value is -1.62. The van der Waals surface area contributed by atoms with Gasteiger partial charge in [0.15, 0.2) is 5.82 Å². The van der Waals surface area contributed by atoms with Crippen LogP contribution in [0, 0.1) is 5.92 Å². The summed E-state index contributed by atoms with van der Waals surface area (Å²) in [5, 5.41) is 12.9. The van der Waals surface area contributed by atoms with Crippen molar-refractivity contribution in [3.05, 3.63) is 23.2 Å². The first-order chi connectivity index (χ1) is 10.2. The molecule has 1 aliphatic rings. The van der Waals surface area contributed by atoms with Crippen molar-refractivity contribution in [2.24, 2.45) is 5.92 Å². The Kier molecular flexibility index (Phi) is 4.10. The summed E-state index contributed by atoms with van der Waals surface area (Å²) in [4.78, 5) is 0. The van der Waals surface area contributed by atoms with Gasteiger partial charge >= 0.3 is 0 Å². The Morgan fingerprint density at radius 3 is 2.90 bits per heavy atom. The Balaban J connectivity index is 2.02. The summed E-state index contributed by atoms with van der Waals surface area (Å²) in [5.41, 5.74) is 7.35. The highest BCUT2D eigenvalue weighted by Crippen LogP contribution is 2.36. The number of halogens is 1. The van der Waals surface area contributed by atoms with E-state index >= 15 is 0 Å². The highest BCUT2D eigenvalue weighted by Gasteiger charge is 2.26. The number of nitrogens with zero attached hydrogens (tertiary/aromatic N) is 4. The van der Waals surface area contributed by atoms with Crippen LogP contribution < -0.4 is 5.73 Å². The van der Waals surface area contributed by atoms with Crippen molar-refractivity contribution >= 4 is 17.3 Å². The fourth-order valence-corrected chi connectivity index (χ4v) is 3.35. The molecule has 2 unspecified atom stereocenters. The van der Waals surface area contributed by atoms with Crippen LogP contribution in [0.15, 0.2) is 18.2 Å². The Morgan fingerprint density at radius 1 is 1.24 bits per heavy atom. The van der Waals surface area contributed by atoms with Gasteiger partial charge in [0, 0.05) is 11.3 Å². The topological polar surface area (TPSA) is 69.6 Å². The van der Waals surface area contributed by atoms with Crippen LogP contribution in [-0.2, 0) is 0 Å². The number of hydrogen-bond acceptors (Lipinski definition) is 4. The summed E-state index contributed by atoms with van der Waals surface area (Å²) in [6.45, 7) is 2.28. The van der Waals surface area contributed by atoms with Crippen molar-refractivity contribution in [2.75, 3.05) is 5.73 Å². The zero-order valence-corrected chi connectivity index (χ0v) is 12.9. The van der Waals surface area contributed by atoms with Gasteiger partial charge in [-0.25, -0.2) is 4.68 Å². The lowest BCUT2D eigenvalue weighted by atomic mass is 9.97. The van der Waals surface area contributed by atoms with Crippen LogP contribution in [0.2, 0.25) is 5.02 Å². The zero-order valence-electron chi connectivity index (χ0n) is 12.2. The van der Waals surface area contributed by atoms with Crippen LogP contribution in [0.3, 0.4) is 0 Å². The van der Waals surface area contributed by atoms with E-state index in [-0.39, 0.29) is 0 Å². The van der Waals surface area contributed by atoms with Crippen molar-refractivity contribution in [1.29, 1.82) is 0 Å². The second-order valence-corrected chi connectivity index (χ2v) is 6.28. The van der Waals surface area contributed by atoms with Crippen LogP contribution in [0.1, 0.15) is 45.1 Å². The number of hydrogen-bond donors (Lipinski definition) is 1. The molecule has 1 aliphatic carbocycles. The van der Waals surface area contributed by atoms with E-state index in [1.54, 1.807) is 12.1 Å². The molecule has 0 bridgehead atoms. The normalized spacial score (nSPS) is 23.0. The number of nitrogens with two attached hydrogens (primary N) is 1. The molecule has 0 radical (unpaired) electrons. The Bertz CT molecular complexity index is 624. The van der Waals surface area contributed by atoms with Gasteiger partial charge in [-0.1, -0.05) is 37.8 Å². The summed E-state index contributed by atoms with van der Waals surface area (Å²) in [5.74, 6) is 1.28. The first kappa shape index (κ1) is 14.3. The first-order valence-electron chi connectivity index (χ1n) is 7.50. The molecule has 21 heavy (non-hydrogen) atoms. The predicted octanol–water partition coefficient (Wildman–Crippen LogP) is 3.72. The third-order valence-corrected chi connectivity index (χ3v) is 4.68. The van der Waals surface area contributed by atoms with Gasteiger partial charge in [0.1, 0.15) is 0 Å². The molecule has 0 saturated heterocycles. The molecule has 2 N–H and O–H groups in total. The van der Waals surface area contributed by atoms with Gasteiger partial charge in [0.05, 0.1) is 11.1 Å². The smallest absolute Gasteiger partial charge is 0.183 e. The van der Waals surface area contributed by atoms with Crippen molar-refractivity contribution in [3.63, 3.8) is 0 Å². The van der Waals surface area contributed by atoms with Gasteiger partial charge in [-0.3, -0.25) is 0 Å². The van der Waals surface area contributed by atoms with E-state index in [4.69, 9.17) is 17.3 Å². The molecular weight excluding hydrogens is 286 g/mol. The van der Waals surface area contributed by atoms with Gasteiger partial charge in [-0.15, -0.1) is 5.10 Å². The molecule has 2 atom stereocenters. The van der Waals surface area contributed by atoms with E-state index in [1.165, 1.54) is 25.7 Å². The molecule has 2 aromatic rings. The highest BCUT2D eigenvalue weighted by atomic mass is 35.5. The van der Waals surface area contributed by atoms with E-state index in [9.17, 15) is 0 Å². The lowest BCUT2D eigenvalue weighted by molar-refractivity contribution is 0.306. The minimum Gasteiger partial charge on any atom is -0.399 e. The molecule has 1 fully saturated rings. The van der Waals surface area contributed by atoms with Gasteiger partial charge in [-0.2, -0.15) is 0 Å². The van der Waals surface area contributed by atoms with Gasteiger partial charge in [-0.05, 0) is 47.4 Å². The molecule has 1 aromatic carbocycles. The van der Waals surface area contributed by atoms with Crippen LogP contribution in [-0.4, -0.2) is 20.2 Å². The van der Waals surface area contributed by atoms with E-state index < -0.39 is 0 Å². The standard InChI is InChI=1S/C15H20ClN5/c1-10-5-3-2-4-6-14(10)21-15(18-19-20-21)12-9-11(17)7-8-13(12)16/h7-10,14H,2-6,17H2,1H3. The summed E-state index contributed by atoms with van der Waals surface area (Å²) >= 11 is 6.30. The van der Waals surface area contributed by atoms with Crippen LogP contribution in [0.5, 0.6) is 0 Å². The zero-order chi connectivity index (χ0) is 14.8. The highest BCUT2D eigenvalue weighted by molar-refractivity contribution is 6.33. The fourth-order valence-electron chi connectivity index (χ4n) is 3.15. The van der Waals surface area contributed by atoms with E-state index in [0.717, 1.165) is 12.0 Å². The monoisotopic (exact) mass is 305 g/mol. The van der Waals surface area contributed by atoms with Crippen molar-refractivity contribution in [2.45, 2.75) is 45.1 Å². The second-order valence-electron chi connectivity index (χ2n) is 5.87. The third kappa shape index (κ3) is 2.88. The Labute approximate surface area is 129 Å². The molecule has 0 aliphatic heterocycles. The molecule has 1 saturated carbocycles. The summed E-state index contributed by atoms with van der Waals surface area (Å²) < 4.78 is 1.94. The minimum atomic E-state index is 0.329. The van der Waals surface area contributed by atoms with Gasteiger partial charge in [0.25, 0.3) is 0 Å². The number of anilines is 1. The van der Waals surface area contributed by atoms with Crippen LogP contribution in [0.25, 0.3) is 11.4 Å². The Morgan fingerprint density at radius 2 is 2.05 bits per heavy atom. The number of benzene rings is 1.